The second kappa shape index (κ2) is 12.6. The van der Waals surface area contributed by atoms with Crippen molar-refractivity contribution in [1.29, 1.82) is 0 Å². The first kappa shape index (κ1) is 30.1. The van der Waals surface area contributed by atoms with Crippen molar-refractivity contribution in [3.63, 3.8) is 0 Å². The van der Waals surface area contributed by atoms with Crippen LogP contribution in [0.1, 0.15) is 114 Å². The number of hydrogen-bond donors (Lipinski definition) is 0. The summed E-state index contributed by atoms with van der Waals surface area (Å²) in [5.74, 6) is 1.02. The maximum atomic E-state index is 12.0. The zero-order valence-electron chi connectivity index (χ0n) is 24.8. The van der Waals surface area contributed by atoms with Gasteiger partial charge in [0, 0.05) is 21.8 Å². The number of carbonyl (C=O) groups is 1. The molecule has 38 heavy (non-hydrogen) atoms. The van der Waals surface area contributed by atoms with Crippen molar-refractivity contribution in [2.75, 3.05) is 0 Å². The quantitative estimate of drug-likeness (QED) is 0.140. The first-order valence-corrected chi connectivity index (χ1v) is 15.1. The molecule has 0 saturated carbocycles. The molecule has 0 aliphatic rings. The van der Waals surface area contributed by atoms with Crippen LogP contribution < -0.4 is 10.0 Å². The van der Waals surface area contributed by atoms with Crippen LogP contribution in [0.3, 0.4) is 0 Å². The monoisotopic (exact) mass is 530 g/mol. The van der Waals surface area contributed by atoms with Crippen LogP contribution in [-0.4, -0.2) is 6.29 Å². The molecule has 0 fully saturated rings. The highest BCUT2D eigenvalue weighted by Gasteiger charge is 2.35. The van der Waals surface area contributed by atoms with Gasteiger partial charge in [-0.2, -0.15) is 0 Å². The largest absolute Gasteiger partial charge is 0.488 e. The van der Waals surface area contributed by atoms with Crippen molar-refractivity contribution in [1.82, 2.24) is 0 Å². The summed E-state index contributed by atoms with van der Waals surface area (Å²) in [6.07, 6.45) is 5.57. The molecular weight excluding hydrogens is 483 g/mol. The minimum Gasteiger partial charge on any atom is -0.488 e. The highest BCUT2D eigenvalue weighted by molar-refractivity contribution is 7.48. The van der Waals surface area contributed by atoms with Crippen LogP contribution in [-0.2, 0) is 22.6 Å². The summed E-state index contributed by atoms with van der Waals surface area (Å²) in [6.45, 7) is 18.9. The SMILES string of the molecule is CCCCCC(C)(Pc1ccccc1C=O)c1cc(C(C)(C)C)cc(C(C)(C)C)c1OCc1ccccc1. The van der Waals surface area contributed by atoms with E-state index in [0.717, 1.165) is 35.7 Å². The third-order valence-electron chi connectivity index (χ3n) is 7.36. The summed E-state index contributed by atoms with van der Waals surface area (Å²) in [5.41, 5.74) is 5.74. The molecule has 0 bridgehead atoms. The molecule has 0 aliphatic carbocycles. The lowest BCUT2D eigenvalue weighted by Crippen LogP contribution is -2.26. The molecule has 3 aromatic rings. The lowest BCUT2D eigenvalue weighted by molar-refractivity contribution is 0.112. The molecule has 3 aromatic carbocycles. The first-order chi connectivity index (χ1) is 17.9. The minimum atomic E-state index is -0.165. The molecule has 2 unspecified atom stereocenters. The van der Waals surface area contributed by atoms with Crippen LogP contribution >= 0.6 is 8.58 Å². The van der Waals surface area contributed by atoms with Gasteiger partial charge in [0.25, 0.3) is 0 Å². The zero-order valence-corrected chi connectivity index (χ0v) is 25.8. The van der Waals surface area contributed by atoms with E-state index in [0.29, 0.717) is 15.2 Å². The van der Waals surface area contributed by atoms with Crippen LogP contribution in [0.5, 0.6) is 5.75 Å². The summed E-state index contributed by atoms with van der Waals surface area (Å²) < 4.78 is 6.83. The molecule has 3 rings (SSSR count). The van der Waals surface area contributed by atoms with E-state index in [1.165, 1.54) is 35.1 Å². The fourth-order valence-corrected chi connectivity index (χ4v) is 6.60. The van der Waals surface area contributed by atoms with Gasteiger partial charge in [-0.15, -0.1) is 0 Å². The van der Waals surface area contributed by atoms with Crippen LogP contribution in [0.2, 0.25) is 0 Å². The Balaban J connectivity index is 2.27. The van der Waals surface area contributed by atoms with Crippen molar-refractivity contribution in [2.24, 2.45) is 0 Å². The number of aldehydes is 1. The molecule has 0 heterocycles. The Kier molecular flexibility index (Phi) is 9.99. The summed E-state index contributed by atoms with van der Waals surface area (Å²) in [7, 11) is 0.459. The van der Waals surface area contributed by atoms with Gasteiger partial charge in [-0.1, -0.05) is 150 Å². The Bertz CT molecular complexity index is 1200. The maximum absolute atomic E-state index is 12.0. The maximum Gasteiger partial charge on any atom is 0.150 e. The second-order valence-electron chi connectivity index (χ2n) is 12.8. The van der Waals surface area contributed by atoms with E-state index < -0.39 is 0 Å². The smallest absolute Gasteiger partial charge is 0.150 e. The fourth-order valence-electron chi connectivity index (χ4n) is 4.92. The van der Waals surface area contributed by atoms with Gasteiger partial charge in [-0.05, 0) is 33.7 Å². The van der Waals surface area contributed by atoms with E-state index in [4.69, 9.17) is 4.74 Å². The molecule has 2 nitrogen and oxygen atoms in total. The third kappa shape index (κ3) is 7.57. The van der Waals surface area contributed by atoms with E-state index >= 15 is 0 Å². The third-order valence-corrected chi connectivity index (χ3v) is 9.16. The second-order valence-corrected chi connectivity index (χ2v) is 14.7. The summed E-state index contributed by atoms with van der Waals surface area (Å²) in [4.78, 5) is 12.0. The molecule has 3 heteroatoms. The lowest BCUT2D eigenvalue weighted by atomic mass is 9.76. The Labute approximate surface area is 233 Å². The van der Waals surface area contributed by atoms with Gasteiger partial charge in [0.05, 0.1) is 0 Å². The average Bonchev–Trinajstić information content (AvgIpc) is 2.87. The average molecular weight is 531 g/mol. The Morgan fingerprint density at radius 2 is 1.42 bits per heavy atom. The zero-order chi connectivity index (χ0) is 28.0. The van der Waals surface area contributed by atoms with Crippen LogP contribution in [0, 0.1) is 0 Å². The van der Waals surface area contributed by atoms with Crippen molar-refractivity contribution in [3.05, 3.63) is 94.5 Å². The lowest BCUT2D eigenvalue weighted by Gasteiger charge is -2.37. The molecule has 0 aliphatic heterocycles. The number of ether oxygens (including phenoxy) is 1. The van der Waals surface area contributed by atoms with Crippen molar-refractivity contribution in [3.8, 4) is 5.75 Å². The molecule has 0 N–H and O–H groups in total. The molecule has 204 valence electrons. The summed E-state index contributed by atoms with van der Waals surface area (Å²) >= 11 is 0. The van der Waals surface area contributed by atoms with Gasteiger partial charge in [0.1, 0.15) is 12.4 Å². The van der Waals surface area contributed by atoms with Crippen LogP contribution in [0.4, 0.5) is 0 Å². The van der Waals surface area contributed by atoms with E-state index in [1.807, 2.05) is 18.2 Å². The van der Waals surface area contributed by atoms with Crippen molar-refractivity contribution < 1.29 is 9.53 Å². The van der Waals surface area contributed by atoms with E-state index in [-0.39, 0.29) is 16.0 Å². The Morgan fingerprint density at radius 3 is 2.03 bits per heavy atom. The van der Waals surface area contributed by atoms with Gasteiger partial charge in [-0.3, -0.25) is 4.79 Å². The van der Waals surface area contributed by atoms with Crippen molar-refractivity contribution >= 4 is 20.2 Å². The normalized spacial score (nSPS) is 14.0. The molecular formula is C35H47O2P. The molecule has 0 spiro atoms. The topological polar surface area (TPSA) is 26.3 Å². The highest BCUT2D eigenvalue weighted by Crippen LogP contribution is 2.52. The minimum absolute atomic E-state index is 0.000846. The number of benzene rings is 3. The predicted molar refractivity (Wildman–Crippen MR) is 166 cm³/mol. The Hall–Kier alpha value is -2.44. The van der Waals surface area contributed by atoms with Gasteiger partial charge in [-0.25, -0.2) is 0 Å². The summed E-state index contributed by atoms with van der Waals surface area (Å²) in [5, 5.41) is 0.968. The van der Waals surface area contributed by atoms with Gasteiger partial charge in [0.2, 0.25) is 0 Å². The van der Waals surface area contributed by atoms with Crippen LogP contribution in [0.15, 0.2) is 66.7 Å². The number of hydrogen-bond acceptors (Lipinski definition) is 2. The van der Waals surface area contributed by atoms with Gasteiger partial charge < -0.3 is 4.74 Å². The molecule has 2 atom stereocenters. The standard InChI is InChI=1S/C35H47O2P/c1-9-10-16-21-35(8,38-31-20-15-14-19-27(31)24-36)30-23-28(33(2,3)4)22-29(34(5,6)7)32(30)37-25-26-17-12-11-13-18-26/h11-15,17-20,22-24,38H,9-10,16,21,25H2,1-8H3. The predicted octanol–water partition coefficient (Wildman–Crippen LogP) is 9.47. The van der Waals surface area contributed by atoms with Crippen molar-refractivity contribution in [2.45, 2.75) is 104 Å². The van der Waals surface area contributed by atoms with Gasteiger partial charge >= 0.3 is 0 Å². The number of unbranched alkanes of at least 4 members (excludes halogenated alkanes) is 2. The van der Waals surface area contributed by atoms with E-state index in [2.05, 4.69) is 104 Å². The summed E-state index contributed by atoms with van der Waals surface area (Å²) in [6, 6.07) is 23.3. The number of rotatable bonds is 11. The van der Waals surface area contributed by atoms with Gasteiger partial charge in [0.15, 0.2) is 6.29 Å². The fraction of sp³-hybridized carbons (Fsp3) is 0.457. The molecule has 0 saturated heterocycles. The first-order valence-electron chi connectivity index (χ1n) is 14.1. The number of carbonyl (C=O) groups excluding carboxylic acids is 1. The van der Waals surface area contributed by atoms with Crippen LogP contribution in [0.25, 0.3) is 0 Å². The molecule has 0 amide bonds. The van der Waals surface area contributed by atoms with E-state index in [1.54, 1.807) is 0 Å². The highest BCUT2D eigenvalue weighted by atomic mass is 31.1. The Morgan fingerprint density at radius 1 is 0.789 bits per heavy atom. The molecule has 0 radical (unpaired) electrons. The van der Waals surface area contributed by atoms with E-state index in [9.17, 15) is 4.79 Å². The molecule has 0 aromatic heterocycles.